The van der Waals surface area contributed by atoms with Gasteiger partial charge in [0, 0.05) is 25.5 Å². The zero-order valence-electron chi connectivity index (χ0n) is 14.6. The molecular formula is C20H22N2O4. The molecule has 2 aromatic rings. The second-order valence-corrected chi connectivity index (χ2v) is 6.56. The predicted molar refractivity (Wildman–Crippen MR) is 97.3 cm³/mol. The number of carboxylic acids is 1. The van der Waals surface area contributed by atoms with E-state index >= 15 is 0 Å². The maximum Gasteiger partial charge on any atom is 0.303 e. The van der Waals surface area contributed by atoms with E-state index in [0.29, 0.717) is 24.8 Å². The SMILES string of the molecule is CC(=O)Nc1cccc(CCOc2ccc(C3CC3CC(=O)O)cc2)n1. The van der Waals surface area contributed by atoms with Crippen LogP contribution < -0.4 is 10.1 Å². The monoisotopic (exact) mass is 354 g/mol. The Bertz CT molecular complexity index is 789. The van der Waals surface area contributed by atoms with Gasteiger partial charge in [-0.05, 0) is 48.1 Å². The minimum absolute atomic E-state index is 0.146. The van der Waals surface area contributed by atoms with E-state index in [1.54, 1.807) is 6.07 Å². The lowest BCUT2D eigenvalue weighted by atomic mass is 10.1. The number of hydrogen-bond acceptors (Lipinski definition) is 4. The van der Waals surface area contributed by atoms with Gasteiger partial charge in [0.15, 0.2) is 0 Å². The van der Waals surface area contributed by atoms with Crippen molar-refractivity contribution in [3.8, 4) is 5.75 Å². The molecule has 1 fully saturated rings. The molecule has 0 radical (unpaired) electrons. The molecule has 1 saturated carbocycles. The van der Waals surface area contributed by atoms with Gasteiger partial charge in [0.05, 0.1) is 6.61 Å². The fraction of sp³-hybridized carbons (Fsp3) is 0.350. The lowest BCUT2D eigenvalue weighted by Crippen LogP contribution is -2.09. The molecule has 3 rings (SSSR count). The largest absolute Gasteiger partial charge is 0.493 e. The van der Waals surface area contributed by atoms with Gasteiger partial charge in [-0.3, -0.25) is 9.59 Å². The van der Waals surface area contributed by atoms with Gasteiger partial charge < -0.3 is 15.2 Å². The van der Waals surface area contributed by atoms with Crippen LogP contribution in [0.5, 0.6) is 5.75 Å². The van der Waals surface area contributed by atoms with E-state index in [4.69, 9.17) is 9.84 Å². The van der Waals surface area contributed by atoms with Crippen molar-refractivity contribution in [3.05, 3.63) is 53.7 Å². The van der Waals surface area contributed by atoms with Crippen molar-refractivity contribution in [3.63, 3.8) is 0 Å². The van der Waals surface area contributed by atoms with Gasteiger partial charge in [-0.1, -0.05) is 18.2 Å². The summed E-state index contributed by atoms with van der Waals surface area (Å²) in [4.78, 5) is 26.2. The summed E-state index contributed by atoms with van der Waals surface area (Å²) in [5.41, 5.74) is 2.02. The fourth-order valence-electron chi connectivity index (χ4n) is 3.06. The smallest absolute Gasteiger partial charge is 0.303 e. The number of rotatable bonds is 8. The van der Waals surface area contributed by atoms with Crippen LogP contribution in [-0.2, 0) is 16.0 Å². The normalized spacial score (nSPS) is 18.2. The molecule has 26 heavy (non-hydrogen) atoms. The zero-order valence-corrected chi connectivity index (χ0v) is 14.6. The van der Waals surface area contributed by atoms with Crippen LogP contribution in [0.2, 0.25) is 0 Å². The summed E-state index contributed by atoms with van der Waals surface area (Å²) in [6.45, 7) is 1.94. The summed E-state index contributed by atoms with van der Waals surface area (Å²) in [7, 11) is 0. The first-order chi connectivity index (χ1) is 12.5. The molecule has 0 bridgehead atoms. The third-order valence-electron chi connectivity index (χ3n) is 4.41. The molecule has 1 aliphatic rings. The van der Waals surface area contributed by atoms with Crippen LogP contribution in [0.4, 0.5) is 5.82 Å². The van der Waals surface area contributed by atoms with Crippen molar-refractivity contribution in [2.24, 2.45) is 5.92 Å². The quantitative estimate of drug-likeness (QED) is 0.760. The molecule has 2 unspecified atom stereocenters. The van der Waals surface area contributed by atoms with Gasteiger partial charge in [0.2, 0.25) is 5.91 Å². The van der Waals surface area contributed by atoms with Crippen molar-refractivity contribution >= 4 is 17.7 Å². The molecule has 1 heterocycles. The molecule has 6 nitrogen and oxygen atoms in total. The lowest BCUT2D eigenvalue weighted by molar-refractivity contribution is -0.137. The average molecular weight is 354 g/mol. The molecule has 6 heteroatoms. The van der Waals surface area contributed by atoms with E-state index in [1.165, 1.54) is 12.5 Å². The van der Waals surface area contributed by atoms with E-state index in [1.807, 2.05) is 36.4 Å². The number of benzene rings is 1. The van der Waals surface area contributed by atoms with Gasteiger partial charge in [-0.15, -0.1) is 0 Å². The summed E-state index contributed by atoms with van der Waals surface area (Å²) in [6, 6.07) is 13.4. The standard InChI is InChI=1S/C20H22N2O4/c1-13(23)21-19-4-2-3-16(22-19)9-10-26-17-7-5-14(6-8-17)18-11-15(18)12-20(24)25/h2-8,15,18H,9-12H2,1H3,(H,24,25)(H,21,22,23). The molecule has 1 aromatic heterocycles. The van der Waals surface area contributed by atoms with Crippen LogP contribution in [0, 0.1) is 5.92 Å². The Balaban J connectivity index is 1.47. The second kappa shape index (κ2) is 7.99. The van der Waals surface area contributed by atoms with Crippen molar-refractivity contribution in [2.75, 3.05) is 11.9 Å². The molecule has 1 amide bonds. The highest BCUT2D eigenvalue weighted by atomic mass is 16.5. The minimum atomic E-state index is -0.728. The van der Waals surface area contributed by atoms with Crippen molar-refractivity contribution in [1.82, 2.24) is 4.98 Å². The Kier molecular flexibility index (Phi) is 5.51. The van der Waals surface area contributed by atoms with Gasteiger partial charge in [0.25, 0.3) is 0 Å². The van der Waals surface area contributed by atoms with Crippen LogP contribution in [0.1, 0.15) is 36.9 Å². The number of nitrogens with zero attached hydrogens (tertiary/aromatic N) is 1. The van der Waals surface area contributed by atoms with E-state index in [-0.39, 0.29) is 18.2 Å². The number of aromatic nitrogens is 1. The number of hydrogen-bond donors (Lipinski definition) is 2. The summed E-state index contributed by atoms with van der Waals surface area (Å²) in [5.74, 6) is 1.07. The maximum atomic E-state index is 11.1. The minimum Gasteiger partial charge on any atom is -0.493 e. The van der Waals surface area contributed by atoms with Gasteiger partial charge in [0.1, 0.15) is 11.6 Å². The average Bonchev–Trinajstić information content (AvgIpc) is 3.33. The van der Waals surface area contributed by atoms with Crippen molar-refractivity contribution in [2.45, 2.75) is 32.1 Å². The number of aliphatic carboxylic acids is 1. The number of anilines is 1. The molecule has 2 atom stereocenters. The Labute approximate surface area is 152 Å². The van der Waals surface area contributed by atoms with Crippen molar-refractivity contribution < 1.29 is 19.4 Å². The molecule has 0 spiro atoms. The number of carbonyl (C=O) groups excluding carboxylic acids is 1. The van der Waals surface area contributed by atoms with E-state index < -0.39 is 5.97 Å². The number of pyridine rings is 1. The lowest BCUT2D eigenvalue weighted by Gasteiger charge is -2.08. The molecule has 1 aliphatic carbocycles. The molecule has 136 valence electrons. The van der Waals surface area contributed by atoms with Crippen LogP contribution >= 0.6 is 0 Å². The van der Waals surface area contributed by atoms with Crippen LogP contribution in [0.25, 0.3) is 0 Å². The zero-order chi connectivity index (χ0) is 18.5. The van der Waals surface area contributed by atoms with E-state index in [0.717, 1.165) is 17.9 Å². The van der Waals surface area contributed by atoms with E-state index in [9.17, 15) is 9.59 Å². The fourth-order valence-corrected chi connectivity index (χ4v) is 3.06. The predicted octanol–water partition coefficient (Wildman–Crippen LogP) is 3.24. The third-order valence-corrected chi connectivity index (χ3v) is 4.41. The first kappa shape index (κ1) is 17.9. The highest BCUT2D eigenvalue weighted by Crippen LogP contribution is 2.49. The Hall–Kier alpha value is -2.89. The first-order valence-electron chi connectivity index (χ1n) is 8.69. The van der Waals surface area contributed by atoms with Crippen molar-refractivity contribution in [1.29, 1.82) is 0 Å². The van der Waals surface area contributed by atoms with Gasteiger partial charge in [-0.2, -0.15) is 0 Å². The summed E-state index contributed by atoms with van der Waals surface area (Å²) >= 11 is 0. The maximum absolute atomic E-state index is 11.1. The number of nitrogens with one attached hydrogen (secondary N) is 1. The summed E-state index contributed by atoms with van der Waals surface area (Å²) in [6.07, 6.45) is 1.83. The topological polar surface area (TPSA) is 88.5 Å². The molecule has 2 N–H and O–H groups in total. The third kappa shape index (κ3) is 5.05. The van der Waals surface area contributed by atoms with Crippen LogP contribution in [0.15, 0.2) is 42.5 Å². The number of amides is 1. The Morgan fingerprint density at radius 2 is 2.00 bits per heavy atom. The highest BCUT2D eigenvalue weighted by molar-refractivity contribution is 5.87. The molecular weight excluding hydrogens is 332 g/mol. The van der Waals surface area contributed by atoms with Gasteiger partial charge >= 0.3 is 5.97 Å². The molecule has 0 saturated heterocycles. The number of ether oxygens (including phenoxy) is 1. The van der Waals surface area contributed by atoms with Gasteiger partial charge in [-0.25, -0.2) is 4.98 Å². The number of carbonyl (C=O) groups is 2. The van der Waals surface area contributed by atoms with E-state index in [2.05, 4.69) is 10.3 Å². The highest BCUT2D eigenvalue weighted by Gasteiger charge is 2.39. The van der Waals surface area contributed by atoms with Crippen LogP contribution in [-0.4, -0.2) is 28.6 Å². The second-order valence-electron chi connectivity index (χ2n) is 6.56. The number of carboxylic acid groups (broad SMARTS) is 1. The Morgan fingerprint density at radius 3 is 2.69 bits per heavy atom. The first-order valence-corrected chi connectivity index (χ1v) is 8.69. The van der Waals surface area contributed by atoms with Crippen LogP contribution in [0.3, 0.4) is 0 Å². The molecule has 1 aromatic carbocycles. The summed E-state index contributed by atoms with van der Waals surface area (Å²) < 4.78 is 5.76. The molecule has 0 aliphatic heterocycles. The summed E-state index contributed by atoms with van der Waals surface area (Å²) in [5, 5.41) is 11.5. The Morgan fingerprint density at radius 1 is 1.23 bits per heavy atom.